The Labute approximate surface area is 128 Å². The number of fused-ring (bicyclic) bond motifs is 1. The smallest absolute Gasteiger partial charge is 0.109 e. The molecular formula is C17H28N4. The number of para-hydroxylation sites is 2. The third-order valence-corrected chi connectivity index (χ3v) is 4.06. The molecule has 0 unspecified atom stereocenters. The Morgan fingerprint density at radius 2 is 1.86 bits per heavy atom. The highest BCUT2D eigenvalue weighted by Crippen LogP contribution is 2.15. The third kappa shape index (κ3) is 4.05. The Balaban J connectivity index is 1.88. The molecule has 21 heavy (non-hydrogen) atoms. The van der Waals surface area contributed by atoms with Crippen LogP contribution < -0.4 is 5.32 Å². The molecule has 1 heterocycles. The number of nitrogens with one attached hydrogen (secondary N) is 1. The van der Waals surface area contributed by atoms with Crippen molar-refractivity contribution in [3.05, 3.63) is 30.1 Å². The first-order chi connectivity index (χ1) is 10.3. The normalized spacial score (nSPS) is 11.6. The van der Waals surface area contributed by atoms with Gasteiger partial charge in [0.15, 0.2) is 0 Å². The Morgan fingerprint density at radius 3 is 2.57 bits per heavy atom. The van der Waals surface area contributed by atoms with Gasteiger partial charge in [0, 0.05) is 32.6 Å². The Bertz CT molecular complexity index is 543. The van der Waals surface area contributed by atoms with E-state index in [0.29, 0.717) is 0 Å². The molecule has 0 saturated heterocycles. The van der Waals surface area contributed by atoms with Crippen LogP contribution in [0.1, 0.15) is 26.6 Å². The standard InChI is InChI=1S/C17H28N4/c1-4-17-19-15-9-7-8-10-16(15)21(17)14-12-18-11-13-20(5-2)6-3/h7-10,18H,4-6,11-14H2,1-3H3. The molecule has 0 bridgehead atoms. The number of benzene rings is 1. The van der Waals surface area contributed by atoms with E-state index in [0.717, 1.165) is 51.2 Å². The molecule has 1 aromatic heterocycles. The van der Waals surface area contributed by atoms with Crippen LogP contribution in [-0.4, -0.2) is 47.2 Å². The van der Waals surface area contributed by atoms with Gasteiger partial charge in [-0.25, -0.2) is 4.98 Å². The van der Waals surface area contributed by atoms with E-state index in [2.05, 4.69) is 59.8 Å². The monoisotopic (exact) mass is 288 g/mol. The van der Waals surface area contributed by atoms with Gasteiger partial charge in [0.2, 0.25) is 0 Å². The van der Waals surface area contributed by atoms with Crippen molar-refractivity contribution >= 4 is 11.0 Å². The highest BCUT2D eigenvalue weighted by molar-refractivity contribution is 5.75. The second-order valence-corrected chi connectivity index (χ2v) is 5.30. The summed E-state index contributed by atoms with van der Waals surface area (Å²) in [6.45, 7) is 13.0. The second kappa shape index (κ2) is 8.15. The van der Waals surface area contributed by atoms with E-state index in [-0.39, 0.29) is 0 Å². The minimum atomic E-state index is 0.980. The molecule has 116 valence electrons. The average molecular weight is 288 g/mol. The summed E-state index contributed by atoms with van der Waals surface area (Å²) in [5, 5.41) is 3.55. The van der Waals surface area contributed by atoms with E-state index in [4.69, 9.17) is 4.98 Å². The first kappa shape index (κ1) is 16.0. The van der Waals surface area contributed by atoms with E-state index in [1.54, 1.807) is 0 Å². The first-order valence-electron chi connectivity index (χ1n) is 8.17. The summed E-state index contributed by atoms with van der Waals surface area (Å²) in [5.74, 6) is 1.18. The van der Waals surface area contributed by atoms with Gasteiger partial charge < -0.3 is 14.8 Å². The predicted octanol–water partition coefficient (Wildman–Crippen LogP) is 2.53. The van der Waals surface area contributed by atoms with Crippen molar-refractivity contribution in [2.24, 2.45) is 0 Å². The molecule has 0 fully saturated rings. The van der Waals surface area contributed by atoms with Crippen LogP contribution in [0.4, 0.5) is 0 Å². The molecule has 1 aromatic carbocycles. The summed E-state index contributed by atoms with van der Waals surface area (Å²) in [6, 6.07) is 8.41. The zero-order chi connectivity index (χ0) is 15.1. The second-order valence-electron chi connectivity index (χ2n) is 5.30. The number of imidazole rings is 1. The van der Waals surface area contributed by atoms with Crippen LogP contribution in [0.5, 0.6) is 0 Å². The topological polar surface area (TPSA) is 33.1 Å². The molecule has 4 nitrogen and oxygen atoms in total. The Morgan fingerprint density at radius 1 is 1.10 bits per heavy atom. The zero-order valence-corrected chi connectivity index (χ0v) is 13.6. The van der Waals surface area contributed by atoms with Crippen LogP contribution >= 0.6 is 0 Å². The molecule has 0 amide bonds. The molecular weight excluding hydrogens is 260 g/mol. The lowest BCUT2D eigenvalue weighted by Crippen LogP contribution is -2.33. The number of hydrogen-bond donors (Lipinski definition) is 1. The van der Waals surface area contributed by atoms with Crippen LogP contribution in [-0.2, 0) is 13.0 Å². The molecule has 0 spiro atoms. The molecule has 2 rings (SSSR count). The third-order valence-electron chi connectivity index (χ3n) is 4.06. The molecule has 0 radical (unpaired) electrons. The zero-order valence-electron chi connectivity index (χ0n) is 13.6. The molecule has 0 aliphatic rings. The molecule has 0 atom stereocenters. The van der Waals surface area contributed by atoms with Gasteiger partial charge in [-0.3, -0.25) is 0 Å². The summed E-state index contributed by atoms with van der Waals surface area (Å²) in [7, 11) is 0. The largest absolute Gasteiger partial charge is 0.327 e. The van der Waals surface area contributed by atoms with Gasteiger partial charge in [-0.1, -0.05) is 32.9 Å². The average Bonchev–Trinajstić information content (AvgIpc) is 2.89. The van der Waals surface area contributed by atoms with Gasteiger partial charge in [-0.2, -0.15) is 0 Å². The predicted molar refractivity (Wildman–Crippen MR) is 89.8 cm³/mol. The summed E-state index contributed by atoms with van der Waals surface area (Å²) in [6.07, 6.45) is 0.980. The minimum Gasteiger partial charge on any atom is -0.327 e. The highest BCUT2D eigenvalue weighted by atomic mass is 15.1. The van der Waals surface area contributed by atoms with Gasteiger partial charge in [-0.15, -0.1) is 0 Å². The van der Waals surface area contributed by atoms with Crippen LogP contribution in [0.2, 0.25) is 0 Å². The van der Waals surface area contributed by atoms with Crippen LogP contribution in [0.25, 0.3) is 11.0 Å². The highest BCUT2D eigenvalue weighted by Gasteiger charge is 2.08. The maximum Gasteiger partial charge on any atom is 0.109 e. The molecule has 0 aliphatic carbocycles. The lowest BCUT2D eigenvalue weighted by molar-refractivity contribution is 0.302. The fourth-order valence-electron chi connectivity index (χ4n) is 2.74. The fourth-order valence-corrected chi connectivity index (χ4v) is 2.74. The number of aryl methyl sites for hydroxylation is 1. The number of rotatable bonds is 9. The summed E-state index contributed by atoms with van der Waals surface area (Å²) >= 11 is 0. The van der Waals surface area contributed by atoms with E-state index in [1.165, 1.54) is 11.3 Å². The van der Waals surface area contributed by atoms with Crippen LogP contribution in [0, 0.1) is 0 Å². The minimum absolute atomic E-state index is 0.980. The molecule has 2 aromatic rings. The van der Waals surface area contributed by atoms with Crippen LogP contribution in [0.15, 0.2) is 24.3 Å². The van der Waals surface area contributed by atoms with Crippen molar-refractivity contribution in [2.75, 3.05) is 32.7 Å². The number of likely N-dealkylation sites (N-methyl/N-ethyl adjacent to an activating group) is 1. The molecule has 1 N–H and O–H groups in total. The number of nitrogens with zero attached hydrogens (tertiary/aromatic N) is 3. The van der Waals surface area contributed by atoms with Crippen LogP contribution in [0.3, 0.4) is 0 Å². The first-order valence-corrected chi connectivity index (χ1v) is 8.17. The number of hydrogen-bond acceptors (Lipinski definition) is 3. The summed E-state index contributed by atoms with van der Waals surface area (Å²) < 4.78 is 2.35. The molecule has 0 aliphatic heterocycles. The van der Waals surface area contributed by atoms with Crippen molar-refractivity contribution in [2.45, 2.75) is 33.7 Å². The maximum atomic E-state index is 4.71. The van der Waals surface area contributed by atoms with E-state index in [9.17, 15) is 0 Å². The summed E-state index contributed by atoms with van der Waals surface area (Å²) in [5.41, 5.74) is 2.36. The lowest BCUT2D eigenvalue weighted by Gasteiger charge is -2.18. The van der Waals surface area contributed by atoms with Crippen molar-refractivity contribution in [3.8, 4) is 0 Å². The Kier molecular flexibility index (Phi) is 6.21. The quantitative estimate of drug-likeness (QED) is 0.720. The summed E-state index contributed by atoms with van der Waals surface area (Å²) in [4.78, 5) is 7.15. The number of aromatic nitrogens is 2. The van der Waals surface area contributed by atoms with E-state index < -0.39 is 0 Å². The SMILES string of the molecule is CCc1nc2ccccc2n1CCNCCN(CC)CC. The van der Waals surface area contributed by atoms with Gasteiger partial charge in [0.1, 0.15) is 5.82 Å². The van der Waals surface area contributed by atoms with Crippen molar-refractivity contribution in [3.63, 3.8) is 0 Å². The van der Waals surface area contributed by atoms with Gasteiger partial charge in [0.25, 0.3) is 0 Å². The Hall–Kier alpha value is -1.39. The lowest BCUT2D eigenvalue weighted by atomic mass is 10.3. The van der Waals surface area contributed by atoms with Gasteiger partial charge >= 0.3 is 0 Å². The van der Waals surface area contributed by atoms with E-state index >= 15 is 0 Å². The molecule has 4 heteroatoms. The van der Waals surface area contributed by atoms with Gasteiger partial charge in [0.05, 0.1) is 11.0 Å². The maximum absolute atomic E-state index is 4.71. The van der Waals surface area contributed by atoms with E-state index in [1.807, 2.05) is 0 Å². The van der Waals surface area contributed by atoms with Gasteiger partial charge in [-0.05, 0) is 25.2 Å². The van der Waals surface area contributed by atoms with Crippen molar-refractivity contribution in [1.82, 2.24) is 19.8 Å². The molecule has 0 saturated carbocycles. The van der Waals surface area contributed by atoms with Crippen molar-refractivity contribution in [1.29, 1.82) is 0 Å². The fraction of sp³-hybridized carbons (Fsp3) is 0.588. The van der Waals surface area contributed by atoms with Crippen molar-refractivity contribution < 1.29 is 0 Å².